The normalized spacial score (nSPS) is 11.2. The number of fused-ring (bicyclic) bond motifs is 6. The molecule has 6 rings (SSSR count). The van der Waals surface area contributed by atoms with Crippen LogP contribution in [0, 0.1) is 0 Å². The summed E-state index contributed by atoms with van der Waals surface area (Å²) >= 11 is 0. The molecule has 0 saturated heterocycles. The maximum atomic E-state index is 13.0. The van der Waals surface area contributed by atoms with Gasteiger partial charge in [0, 0.05) is 34.4 Å². The summed E-state index contributed by atoms with van der Waals surface area (Å²) in [6.45, 7) is 0. The molecular weight excluding hydrogens is 408 g/mol. The number of benzene rings is 4. The van der Waals surface area contributed by atoms with Gasteiger partial charge in [0.1, 0.15) is 5.75 Å². The molecule has 0 aliphatic carbocycles. The number of nitrogens with one attached hydrogen (secondary N) is 1. The van der Waals surface area contributed by atoms with E-state index in [1.165, 1.54) is 0 Å². The van der Waals surface area contributed by atoms with Crippen molar-refractivity contribution in [2.75, 3.05) is 5.32 Å². The topological polar surface area (TPSA) is 42.7 Å². The molecule has 0 amide bonds. The number of pyridine rings is 1. The molecule has 4 aromatic carbocycles. The van der Waals surface area contributed by atoms with Crippen LogP contribution in [-0.4, -0.2) is 10.4 Å². The molecule has 0 atom stereocenters. The van der Waals surface area contributed by atoms with Crippen molar-refractivity contribution in [3.63, 3.8) is 0 Å². The van der Waals surface area contributed by atoms with Crippen molar-refractivity contribution in [3.05, 3.63) is 121 Å². The number of carbonyl (C=O) groups is 1. The molecule has 4 nitrogen and oxygen atoms in total. The van der Waals surface area contributed by atoms with Crippen LogP contribution in [-0.2, 0) is 0 Å². The Morgan fingerprint density at radius 3 is 2.15 bits per heavy atom. The summed E-state index contributed by atoms with van der Waals surface area (Å²) in [6, 6.07) is 35.4. The molecule has 6 aromatic rings. The molecule has 158 valence electrons. The van der Waals surface area contributed by atoms with Gasteiger partial charge in [-0.3, -0.25) is 0 Å². The lowest BCUT2D eigenvalue weighted by atomic mass is 10.0. The zero-order valence-electron chi connectivity index (χ0n) is 17.7. The first-order valence-corrected chi connectivity index (χ1v) is 10.8. The SMILES string of the molecule is O=C(Oc1cc(Nc2ccccc2)cc2c1c1ccccc1c1cccn12)c1ccccc1. The van der Waals surface area contributed by atoms with Crippen LogP contribution in [0.15, 0.2) is 115 Å². The average Bonchev–Trinajstić information content (AvgIpc) is 3.36. The van der Waals surface area contributed by atoms with Gasteiger partial charge in [0.25, 0.3) is 0 Å². The second-order valence-electron chi connectivity index (χ2n) is 7.92. The van der Waals surface area contributed by atoms with Crippen LogP contribution >= 0.6 is 0 Å². The Morgan fingerprint density at radius 1 is 0.667 bits per heavy atom. The van der Waals surface area contributed by atoms with Crippen molar-refractivity contribution in [3.8, 4) is 5.75 Å². The number of para-hydroxylation sites is 1. The molecule has 1 N–H and O–H groups in total. The van der Waals surface area contributed by atoms with Crippen molar-refractivity contribution in [2.24, 2.45) is 0 Å². The molecule has 0 spiro atoms. The first-order valence-electron chi connectivity index (χ1n) is 10.8. The van der Waals surface area contributed by atoms with E-state index in [1.807, 2.05) is 79.0 Å². The van der Waals surface area contributed by atoms with Crippen molar-refractivity contribution < 1.29 is 9.53 Å². The predicted molar refractivity (Wildman–Crippen MR) is 134 cm³/mol. The third-order valence-corrected chi connectivity index (χ3v) is 5.84. The summed E-state index contributed by atoms with van der Waals surface area (Å²) in [6.07, 6.45) is 2.04. The minimum absolute atomic E-state index is 0.384. The standard InChI is InChI=1S/C29H20N2O2/c32-29(20-10-3-1-4-11-20)33-27-19-22(30-21-12-5-2-6-13-21)18-26-28(27)24-15-8-7-14-23(24)25-16-9-17-31(25)26/h1-19,30H. The highest BCUT2D eigenvalue weighted by molar-refractivity contribution is 6.16. The number of aromatic nitrogens is 1. The fourth-order valence-electron chi connectivity index (χ4n) is 4.37. The summed E-state index contributed by atoms with van der Waals surface area (Å²) in [5.41, 5.74) is 4.38. The number of hydrogen-bond donors (Lipinski definition) is 1. The Hall–Kier alpha value is -4.57. The maximum absolute atomic E-state index is 13.0. The maximum Gasteiger partial charge on any atom is 0.343 e. The summed E-state index contributed by atoms with van der Waals surface area (Å²) < 4.78 is 8.18. The van der Waals surface area contributed by atoms with Gasteiger partial charge in [-0.2, -0.15) is 0 Å². The second-order valence-corrected chi connectivity index (χ2v) is 7.92. The van der Waals surface area contributed by atoms with Crippen LogP contribution in [0.1, 0.15) is 10.4 Å². The minimum Gasteiger partial charge on any atom is -0.422 e. The number of nitrogens with zero attached hydrogens (tertiary/aromatic N) is 1. The molecule has 0 aliphatic heterocycles. The quantitative estimate of drug-likeness (QED) is 0.183. The van der Waals surface area contributed by atoms with E-state index in [-0.39, 0.29) is 5.97 Å². The van der Waals surface area contributed by atoms with Gasteiger partial charge in [0.15, 0.2) is 0 Å². The predicted octanol–water partition coefficient (Wildman–Crippen LogP) is 7.21. The fraction of sp³-hybridized carbons (Fsp3) is 0. The molecule has 33 heavy (non-hydrogen) atoms. The smallest absolute Gasteiger partial charge is 0.343 e. The second kappa shape index (κ2) is 7.84. The Morgan fingerprint density at radius 2 is 1.36 bits per heavy atom. The minimum atomic E-state index is -0.384. The zero-order valence-corrected chi connectivity index (χ0v) is 17.7. The van der Waals surface area contributed by atoms with E-state index in [0.29, 0.717) is 11.3 Å². The monoisotopic (exact) mass is 428 g/mol. The van der Waals surface area contributed by atoms with E-state index in [2.05, 4.69) is 34.0 Å². The highest BCUT2D eigenvalue weighted by atomic mass is 16.5. The van der Waals surface area contributed by atoms with E-state index in [9.17, 15) is 4.79 Å². The highest BCUT2D eigenvalue weighted by Gasteiger charge is 2.17. The van der Waals surface area contributed by atoms with Crippen LogP contribution in [0.2, 0.25) is 0 Å². The van der Waals surface area contributed by atoms with Crippen LogP contribution in [0.5, 0.6) is 5.75 Å². The Labute approximate surface area is 190 Å². The van der Waals surface area contributed by atoms with Gasteiger partial charge < -0.3 is 14.5 Å². The van der Waals surface area contributed by atoms with E-state index >= 15 is 0 Å². The highest BCUT2D eigenvalue weighted by Crippen LogP contribution is 2.39. The molecule has 0 radical (unpaired) electrons. The van der Waals surface area contributed by atoms with Crippen molar-refractivity contribution in [2.45, 2.75) is 0 Å². The van der Waals surface area contributed by atoms with Crippen molar-refractivity contribution >= 4 is 44.5 Å². The van der Waals surface area contributed by atoms with Gasteiger partial charge in [0.2, 0.25) is 0 Å². The van der Waals surface area contributed by atoms with Gasteiger partial charge in [-0.05, 0) is 47.9 Å². The van der Waals surface area contributed by atoms with Gasteiger partial charge in [-0.25, -0.2) is 4.79 Å². The Balaban J connectivity index is 1.61. The summed E-state index contributed by atoms with van der Waals surface area (Å²) in [7, 11) is 0. The van der Waals surface area contributed by atoms with Gasteiger partial charge in [-0.15, -0.1) is 0 Å². The molecule has 0 fully saturated rings. The third kappa shape index (κ3) is 3.38. The third-order valence-electron chi connectivity index (χ3n) is 5.84. The molecule has 2 aromatic heterocycles. The van der Waals surface area contributed by atoms with Crippen molar-refractivity contribution in [1.82, 2.24) is 4.40 Å². The van der Waals surface area contributed by atoms with Gasteiger partial charge in [-0.1, -0.05) is 60.7 Å². The number of esters is 1. The summed E-state index contributed by atoms with van der Waals surface area (Å²) in [4.78, 5) is 13.0. The molecule has 4 heteroatoms. The Kier molecular flexibility index (Phi) is 4.55. The molecule has 2 heterocycles. The van der Waals surface area contributed by atoms with Crippen LogP contribution in [0.25, 0.3) is 27.2 Å². The van der Waals surface area contributed by atoms with Gasteiger partial charge >= 0.3 is 5.97 Å². The lowest BCUT2D eigenvalue weighted by Crippen LogP contribution is -2.09. The first kappa shape index (κ1) is 19.1. The Bertz CT molecular complexity index is 1620. The number of hydrogen-bond acceptors (Lipinski definition) is 3. The van der Waals surface area contributed by atoms with E-state index < -0.39 is 0 Å². The van der Waals surface area contributed by atoms with Crippen LogP contribution in [0.4, 0.5) is 11.4 Å². The molecule has 0 bridgehead atoms. The number of ether oxygens (including phenoxy) is 1. The molecular formula is C29H20N2O2. The van der Waals surface area contributed by atoms with E-state index in [4.69, 9.17) is 4.74 Å². The number of carbonyl (C=O) groups excluding carboxylic acids is 1. The molecule has 0 unspecified atom stereocenters. The lowest BCUT2D eigenvalue weighted by Gasteiger charge is -2.16. The molecule has 0 saturated carbocycles. The van der Waals surface area contributed by atoms with Crippen LogP contribution in [0.3, 0.4) is 0 Å². The van der Waals surface area contributed by atoms with Crippen LogP contribution < -0.4 is 10.1 Å². The van der Waals surface area contributed by atoms with Crippen molar-refractivity contribution in [1.29, 1.82) is 0 Å². The largest absolute Gasteiger partial charge is 0.422 e. The van der Waals surface area contributed by atoms with Gasteiger partial charge in [0.05, 0.1) is 16.6 Å². The summed E-state index contributed by atoms with van der Waals surface area (Å²) in [5, 5.41) is 6.50. The first-order chi connectivity index (χ1) is 16.3. The average molecular weight is 428 g/mol. The lowest BCUT2D eigenvalue weighted by molar-refractivity contribution is 0.0737. The number of rotatable bonds is 4. The van der Waals surface area contributed by atoms with E-state index in [0.717, 1.165) is 38.6 Å². The molecule has 0 aliphatic rings. The summed E-state index contributed by atoms with van der Waals surface area (Å²) in [5.74, 6) is 0.136. The number of anilines is 2. The fourth-order valence-corrected chi connectivity index (χ4v) is 4.37. The zero-order chi connectivity index (χ0) is 22.2. The van der Waals surface area contributed by atoms with E-state index in [1.54, 1.807) is 12.1 Å².